The number of esters is 3. The number of Topliss-reactive ketones (excluding diaryl/α,β-unsaturated/α-hetero) is 1. The van der Waals surface area contributed by atoms with Gasteiger partial charge >= 0.3 is 17.9 Å². The Morgan fingerprint density at radius 1 is 0.818 bits per heavy atom. The van der Waals surface area contributed by atoms with Gasteiger partial charge in [-0.25, -0.2) is 9.59 Å². The van der Waals surface area contributed by atoms with E-state index in [2.05, 4.69) is 10.1 Å². The summed E-state index contributed by atoms with van der Waals surface area (Å²) in [5.41, 5.74) is 0.994. The van der Waals surface area contributed by atoms with Gasteiger partial charge in [0.2, 0.25) is 5.91 Å². The first-order chi connectivity index (χ1) is 15.7. The summed E-state index contributed by atoms with van der Waals surface area (Å²) < 4.78 is 15.1. The van der Waals surface area contributed by atoms with E-state index in [1.54, 1.807) is 24.3 Å². The van der Waals surface area contributed by atoms with E-state index in [0.717, 1.165) is 0 Å². The van der Waals surface area contributed by atoms with E-state index < -0.39 is 29.9 Å². The highest BCUT2D eigenvalue weighted by Gasteiger charge is 2.22. The molecule has 0 fully saturated rings. The topological polar surface area (TPSA) is 125 Å². The second-order valence-corrected chi connectivity index (χ2v) is 7.21. The van der Waals surface area contributed by atoms with Gasteiger partial charge in [-0.05, 0) is 48.9 Å². The van der Waals surface area contributed by atoms with Crippen molar-refractivity contribution in [3.8, 4) is 11.5 Å². The molecule has 0 aliphatic rings. The molecule has 33 heavy (non-hydrogen) atoms. The van der Waals surface area contributed by atoms with Crippen LogP contribution in [-0.4, -0.2) is 42.7 Å². The minimum absolute atomic E-state index is 0.00581. The Labute approximate surface area is 191 Å². The molecule has 1 atom stereocenters. The summed E-state index contributed by atoms with van der Waals surface area (Å²) >= 11 is 0. The first-order valence-corrected chi connectivity index (χ1v) is 10.1. The fraction of sp³-hybridized carbons (Fsp3) is 0.292. The van der Waals surface area contributed by atoms with E-state index in [1.165, 1.54) is 45.2 Å². The summed E-state index contributed by atoms with van der Waals surface area (Å²) in [6.07, 6.45) is 0.244. The van der Waals surface area contributed by atoms with Gasteiger partial charge in [-0.1, -0.05) is 12.1 Å². The van der Waals surface area contributed by atoms with Crippen LogP contribution in [0.15, 0.2) is 48.5 Å². The lowest BCUT2D eigenvalue weighted by molar-refractivity contribution is -0.139. The lowest BCUT2D eigenvalue weighted by atomic mass is 10.1. The van der Waals surface area contributed by atoms with Gasteiger partial charge < -0.3 is 24.3 Å². The average molecular weight is 455 g/mol. The Morgan fingerprint density at radius 2 is 1.39 bits per heavy atom. The first kappa shape index (κ1) is 25.3. The number of hydrogen-bond acceptors (Lipinski definition) is 8. The number of methoxy groups -OCH3 is 1. The van der Waals surface area contributed by atoms with Crippen LogP contribution in [0.25, 0.3) is 0 Å². The van der Waals surface area contributed by atoms with Gasteiger partial charge in [0.25, 0.3) is 0 Å². The number of nitrogens with one attached hydrogen (secondary N) is 1. The maximum absolute atomic E-state index is 12.6. The normalized spacial score (nSPS) is 11.1. The maximum atomic E-state index is 12.6. The Hall–Kier alpha value is -4.01. The molecule has 1 amide bonds. The van der Waals surface area contributed by atoms with Gasteiger partial charge in [-0.3, -0.25) is 9.59 Å². The fourth-order valence-corrected chi connectivity index (χ4v) is 2.79. The highest BCUT2D eigenvalue weighted by atomic mass is 16.5. The van der Waals surface area contributed by atoms with Crippen LogP contribution >= 0.6 is 0 Å². The molecule has 0 aliphatic carbocycles. The van der Waals surface area contributed by atoms with Crippen molar-refractivity contribution < 1.29 is 38.2 Å². The second kappa shape index (κ2) is 12.1. The van der Waals surface area contributed by atoms with Crippen LogP contribution in [0.4, 0.5) is 0 Å². The number of carbonyl (C=O) groups excluding carboxylic acids is 5. The molecule has 0 saturated heterocycles. The summed E-state index contributed by atoms with van der Waals surface area (Å²) in [4.78, 5) is 58.4. The van der Waals surface area contributed by atoms with Crippen LogP contribution in [-0.2, 0) is 30.3 Å². The van der Waals surface area contributed by atoms with Crippen molar-refractivity contribution in [1.29, 1.82) is 0 Å². The van der Waals surface area contributed by atoms with Crippen molar-refractivity contribution in [2.45, 2.75) is 39.2 Å². The van der Waals surface area contributed by atoms with Gasteiger partial charge in [0.1, 0.15) is 23.3 Å². The summed E-state index contributed by atoms with van der Waals surface area (Å²) in [5.74, 6) is -1.72. The smallest absolute Gasteiger partial charge is 0.337 e. The second-order valence-electron chi connectivity index (χ2n) is 7.21. The molecule has 0 radical (unpaired) electrons. The molecule has 1 N–H and O–H groups in total. The molecule has 0 aliphatic heterocycles. The predicted octanol–water partition coefficient (Wildman–Crippen LogP) is 2.40. The summed E-state index contributed by atoms with van der Waals surface area (Å²) in [5, 5.41) is 2.56. The molecule has 0 heterocycles. The Morgan fingerprint density at radius 3 is 1.94 bits per heavy atom. The van der Waals surface area contributed by atoms with E-state index in [-0.39, 0.29) is 30.8 Å². The highest BCUT2D eigenvalue weighted by molar-refractivity contribution is 5.89. The number of carbonyl (C=O) groups is 5. The van der Waals surface area contributed by atoms with Gasteiger partial charge in [-0.2, -0.15) is 0 Å². The number of hydrogen-bond donors (Lipinski definition) is 1. The van der Waals surface area contributed by atoms with E-state index in [9.17, 15) is 24.0 Å². The molecule has 2 aromatic rings. The number of ether oxygens (including phenoxy) is 3. The molecular formula is C24H25NO8. The number of amides is 1. The van der Waals surface area contributed by atoms with Crippen LogP contribution in [0.1, 0.15) is 42.6 Å². The largest absolute Gasteiger partial charge is 0.465 e. The number of ketones is 1. The van der Waals surface area contributed by atoms with Crippen LogP contribution < -0.4 is 14.8 Å². The molecule has 0 saturated carbocycles. The van der Waals surface area contributed by atoms with Crippen LogP contribution in [0.2, 0.25) is 0 Å². The van der Waals surface area contributed by atoms with Crippen molar-refractivity contribution >= 4 is 29.6 Å². The van der Waals surface area contributed by atoms with Crippen LogP contribution in [0.5, 0.6) is 11.5 Å². The Bertz CT molecular complexity index is 1010. The monoisotopic (exact) mass is 455 g/mol. The predicted molar refractivity (Wildman–Crippen MR) is 117 cm³/mol. The maximum Gasteiger partial charge on any atom is 0.337 e. The van der Waals surface area contributed by atoms with Gasteiger partial charge in [0, 0.05) is 19.8 Å². The van der Waals surface area contributed by atoms with Crippen molar-refractivity contribution in [3.63, 3.8) is 0 Å². The Balaban J connectivity index is 2.02. The van der Waals surface area contributed by atoms with Gasteiger partial charge in [-0.15, -0.1) is 0 Å². The number of benzene rings is 2. The summed E-state index contributed by atoms with van der Waals surface area (Å²) in [6, 6.07) is 11.3. The fourth-order valence-electron chi connectivity index (χ4n) is 2.79. The zero-order chi connectivity index (χ0) is 24.4. The lowest BCUT2D eigenvalue weighted by Gasteiger charge is -2.17. The first-order valence-electron chi connectivity index (χ1n) is 10.1. The van der Waals surface area contributed by atoms with E-state index in [0.29, 0.717) is 16.9 Å². The van der Waals surface area contributed by atoms with E-state index in [4.69, 9.17) is 9.47 Å². The zero-order valence-corrected chi connectivity index (χ0v) is 18.6. The molecule has 1 unspecified atom stereocenters. The molecule has 2 aromatic carbocycles. The van der Waals surface area contributed by atoms with Crippen molar-refractivity contribution in [1.82, 2.24) is 5.32 Å². The van der Waals surface area contributed by atoms with Crippen LogP contribution in [0, 0.1) is 0 Å². The quantitative estimate of drug-likeness (QED) is 0.428. The third-order valence-corrected chi connectivity index (χ3v) is 4.43. The highest BCUT2D eigenvalue weighted by Crippen LogP contribution is 2.17. The molecule has 9 nitrogen and oxygen atoms in total. The molecule has 174 valence electrons. The molecule has 9 heteroatoms. The van der Waals surface area contributed by atoms with E-state index in [1.807, 2.05) is 0 Å². The van der Waals surface area contributed by atoms with Crippen molar-refractivity contribution in [3.05, 3.63) is 59.7 Å². The third kappa shape index (κ3) is 8.56. The van der Waals surface area contributed by atoms with Crippen LogP contribution in [0.3, 0.4) is 0 Å². The molecule has 0 spiro atoms. The Kier molecular flexibility index (Phi) is 9.29. The minimum atomic E-state index is -0.966. The average Bonchev–Trinajstić information content (AvgIpc) is 2.78. The number of rotatable bonds is 10. The van der Waals surface area contributed by atoms with Gasteiger partial charge in [0.15, 0.2) is 0 Å². The van der Waals surface area contributed by atoms with Crippen molar-refractivity contribution in [2.24, 2.45) is 0 Å². The summed E-state index contributed by atoms with van der Waals surface area (Å²) in [7, 11) is 1.26. The standard InChI is InChI=1S/C24H25NO8/c1-15(26)4-13-22(28)32-19-9-5-17(6-10-19)14-21(25-16(2)27)24(30)33-20-11-7-18(8-12-20)23(29)31-3/h5-12,21H,4,13-14H2,1-3H3,(H,25,27). The van der Waals surface area contributed by atoms with Crippen molar-refractivity contribution in [2.75, 3.05) is 7.11 Å². The zero-order valence-electron chi connectivity index (χ0n) is 18.6. The molecule has 0 aromatic heterocycles. The molecule has 2 rings (SSSR count). The van der Waals surface area contributed by atoms with E-state index >= 15 is 0 Å². The SMILES string of the molecule is COC(=O)c1ccc(OC(=O)C(Cc2ccc(OC(=O)CCC(C)=O)cc2)NC(C)=O)cc1. The van der Waals surface area contributed by atoms with Gasteiger partial charge in [0.05, 0.1) is 19.1 Å². The third-order valence-electron chi connectivity index (χ3n) is 4.43. The molecular weight excluding hydrogens is 430 g/mol. The lowest BCUT2D eigenvalue weighted by Crippen LogP contribution is -2.43. The molecule has 0 bridgehead atoms. The minimum Gasteiger partial charge on any atom is -0.465 e. The summed E-state index contributed by atoms with van der Waals surface area (Å²) in [6.45, 7) is 2.69.